The van der Waals surface area contributed by atoms with Crippen molar-refractivity contribution < 1.29 is 24.0 Å². The Morgan fingerprint density at radius 3 is 2.57 bits per heavy atom. The lowest BCUT2D eigenvalue weighted by Crippen LogP contribution is -2.54. The van der Waals surface area contributed by atoms with Crippen molar-refractivity contribution in [3.05, 3.63) is 58.6 Å². The van der Waals surface area contributed by atoms with E-state index in [0.29, 0.717) is 16.4 Å². The summed E-state index contributed by atoms with van der Waals surface area (Å²) in [6.45, 7) is 5.78. The lowest BCUT2D eigenvalue weighted by molar-refractivity contribution is -0.150. The first-order valence-corrected chi connectivity index (χ1v) is 12.4. The van der Waals surface area contributed by atoms with E-state index < -0.39 is 41.1 Å². The number of hydrogen-bond donors (Lipinski definition) is 3. The molecule has 5 amide bonds. The fourth-order valence-electron chi connectivity index (χ4n) is 4.63. The summed E-state index contributed by atoms with van der Waals surface area (Å²) < 4.78 is 0. The van der Waals surface area contributed by atoms with Crippen LogP contribution in [-0.4, -0.2) is 46.5 Å². The zero-order valence-electron chi connectivity index (χ0n) is 20.9. The molecule has 4 rings (SSSR count). The van der Waals surface area contributed by atoms with E-state index >= 15 is 0 Å². The molecule has 10 heteroatoms. The van der Waals surface area contributed by atoms with Gasteiger partial charge in [-0.2, -0.15) is 0 Å². The maximum absolute atomic E-state index is 13.0. The van der Waals surface area contributed by atoms with Crippen LogP contribution in [0.4, 0.5) is 11.4 Å². The standard InChI is InChI=1S/C27H29ClN4O5/c1-15-7-8-18(12-19(15)28)30-23(34)14-27(2,3)16-5-4-6-17(11-16)29-20-13-24(35)32(26(20)37)21-9-10-22(33)31-25(21)36/h4-8,11-12,20-21,29H,9-10,13-14H2,1-3H3,(H,30,34)(H,31,33,36). The molecule has 0 aromatic heterocycles. The summed E-state index contributed by atoms with van der Waals surface area (Å²) in [5.41, 5.74) is 2.49. The summed E-state index contributed by atoms with van der Waals surface area (Å²) in [6.07, 6.45) is 0.306. The number of hydrogen-bond acceptors (Lipinski definition) is 6. The first kappa shape index (κ1) is 26.3. The maximum Gasteiger partial charge on any atom is 0.252 e. The van der Waals surface area contributed by atoms with E-state index in [1.807, 2.05) is 45.0 Å². The third-order valence-electron chi connectivity index (χ3n) is 6.75. The number of likely N-dealkylation sites (tertiary alicyclic amines) is 1. The lowest BCUT2D eigenvalue weighted by atomic mass is 9.81. The van der Waals surface area contributed by atoms with Crippen LogP contribution in [0.1, 0.15) is 50.7 Å². The van der Waals surface area contributed by atoms with Gasteiger partial charge in [0.25, 0.3) is 5.91 Å². The molecule has 0 bridgehead atoms. The predicted molar refractivity (Wildman–Crippen MR) is 139 cm³/mol. The Bertz CT molecular complexity index is 1290. The summed E-state index contributed by atoms with van der Waals surface area (Å²) >= 11 is 6.16. The van der Waals surface area contributed by atoms with Gasteiger partial charge in [-0.05, 0) is 54.2 Å². The third-order valence-corrected chi connectivity index (χ3v) is 7.15. The van der Waals surface area contributed by atoms with E-state index in [0.717, 1.165) is 16.0 Å². The van der Waals surface area contributed by atoms with Gasteiger partial charge in [-0.1, -0.05) is 43.6 Å². The van der Waals surface area contributed by atoms with Crippen molar-refractivity contribution in [1.29, 1.82) is 0 Å². The summed E-state index contributed by atoms with van der Waals surface area (Å²) in [5, 5.41) is 8.75. The van der Waals surface area contributed by atoms with Crippen LogP contribution < -0.4 is 16.0 Å². The van der Waals surface area contributed by atoms with E-state index in [1.165, 1.54) is 0 Å². The Labute approximate surface area is 219 Å². The second kappa shape index (κ2) is 10.3. The second-order valence-electron chi connectivity index (χ2n) is 10.1. The zero-order chi connectivity index (χ0) is 26.9. The van der Waals surface area contributed by atoms with Crippen molar-refractivity contribution in [3.8, 4) is 0 Å². The molecule has 9 nitrogen and oxygen atoms in total. The highest BCUT2D eigenvalue weighted by atomic mass is 35.5. The van der Waals surface area contributed by atoms with Gasteiger partial charge < -0.3 is 10.6 Å². The number of amides is 5. The van der Waals surface area contributed by atoms with Crippen molar-refractivity contribution in [2.45, 2.75) is 64.0 Å². The van der Waals surface area contributed by atoms with Gasteiger partial charge in [-0.15, -0.1) is 0 Å². The summed E-state index contributed by atoms with van der Waals surface area (Å²) in [5.74, 6) is -2.17. The van der Waals surface area contributed by atoms with E-state index in [4.69, 9.17) is 11.6 Å². The lowest BCUT2D eigenvalue weighted by Gasteiger charge is -2.28. The molecule has 2 aromatic carbocycles. The van der Waals surface area contributed by atoms with Crippen LogP contribution in [0.5, 0.6) is 0 Å². The van der Waals surface area contributed by atoms with Gasteiger partial charge >= 0.3 is 0 Å². The highest BCUT2D eigenvalue weighted by molar-refractivity contribution is 6.31. The Hall–Kier alpha value is -3.72. The number of nitrogens with one attached hydrogen (secondary N) is 3. The topological polar surface area (TPSA) is 125 Å². The molecule has 3 N–H and O–H groups in total. The van der Waals surface area contributed by atoms with Gasteiger partial charge in [0.05, 0.1) is 6.42 Å². The van der Waals surface area contributed by atoms with E-state index in [9.17, 15) is 24.0 Å². The van der Waals surface area contributed by atoms with Crippen LogP contribution in [0.2, 0.25) is 5.02 Å². The number of anilines is 2. The molecule has 2 aliphatic rings. The molecule has 0 spiro atoms. The minimum absolute atomic E-state index is 0.0766. The molecule has 37 heavy (non-hydrogen) atoms. The number of rotatable bonds is 7. The normalized spacial score (nSPS) is 20.2. The Morgan fingerprint density at radius 1 is 1.11 bits per heavy atom. The predicted octanol–water partition coefficient (Wildman–Crippen LogP) is 3.30. The van der Waals surface area contributed by atoms with Crippen molar-refractivity contribution in [2.24, 2.45) is 0 Å². The molecule has 2 fully saturated rings. The number of carbonyl (C=O) groups is 5. The largest absolute Gasteiger partial charge is 0.373 e. The summed E-state index contributed by atoms with van der Waals surface area (Å²) in [4.78, 5) is 63.0. The van der Waals surface area contributed by atoms with E-state index in [-0.39, 0.29) is 31.6 Å². The van der Waals surface area contributed by atoms with Gasteiger partial charge in [-0.3, -0.25) is 34.2 Å². The van der Waals surface area contributed by atoms with E-state index in [1.54, 1.807) is 18.2 Å². The van der Waals surface area contributed by atoms with Crippen LogP contribution in [0.25, 0.3) is 0 Å². The Kier molecular flexibility index (Phi) is 7.36. The van der Waals surface area contributed by atoms with Crippen molar-refractivity contribution in [1.82, 2.24) is 10.2 Å². The molecule has 2 saturated heterocycles. The van der Waals surface area contributed by atoms with Crippen LogP contribution in [0.15, 0.2) is 42.5 Å². The Morgan fingerprint density at radius 2 is 1.86 bits per heavy atom. The van der Waals surface area contributed by atoms with Crippen LogP contribution in [-0.2, 0) is 29.4 Å². The molecule has 0 aliphatic carbocycles. The highest BCUT2D eigenvalue weighted by Crippen LogP contribution is 2.31. The minimum atomic E-state index is -0.975. The number of halogens is 1. The van der Waals surface area contributed by atoms with Gasteiger partial charge in [0.1, 0.15) is 12.1 Å². The molecule has 0 radical (unpaired) electrons. The SMILES string of the molecule is Cc1ccc(NC(=O)CC(C)(C)c2cccc(NC3CC(=O)N(C4CCC(=O)NC4=O)C3=O)c2)cc1Cl. The van der Waals surface area contributed by atoms with Gasteiger partial charge in [0.15, 0.2) is 0 Å². The average Bonchev–Trinajstić information content (AvgIpc) is 3.09. The number of aryl methyl sites for hydroxylation is 1. The fourth-order valence-corrected chi connectivity index (χ4v) is 4.81. The number of imide groups is 2. The summed E-state index contributed by atoms with van der Waals surface area (Å²) in [6, 6.07) is 10.9. The Balaban J connectivity index is 1.42. The smallest absolute Gasteiger partial charge is 0.252 e. The van der Waals surface area contributed by atoms with Crippen LogP contribution in [0.3, 0.4) is 0 Å². The molecule has 2 aliphatic heterocycles. The number of nitrogens with zero attached hydrogens (tertiary/aromatic N) is 1. The van der Waals surface area contributed by atoms with Gasteiger partial charge in [-0.25, -0.2) is 0 Å². The number of carbonyl (C=O) groups excluding carboxylic acids is 5. The quantitative estimate of drug-likeness (QED) is 0.477. The number of piperidine rings is 1. The van der Waals surface area contributed by atoms with Crippen LogP contribution in [0, 0.1) is 6.92 Å². The first-order valence-electron chi connectivity index (χ1n) is 12.1. The maximum atomic E-state index is 13.0. The monoisotopic (exact) mass is 524 g/mol. The molecular weight excluding hydrogens is 496 g/mol. The zero-order valence-corrected chi connectivity index (χ0v) is 21.6. The molecule has 0 saturated carbocycles. The molecule has 2 heterocycles. The van der Waals surface area contributed by atoms with Crippen molar-refractivity contribution >= 4 is 52.5 Å². The molecule has 2 atom stereocenters. The molecular formula is C27H29ClN4O5. The van der Waals surface area contributed by atoms with Gasteiger partial charge in [0.2, 0.25) is 23.6 Å². The molecule has 2 aromatic rings. The molecule has 2 unspecified atom stereocenters. The average molecular weight is 525 g/mol. The minimum Gasteiger partial charge on any atom is -0.373 e. The van der Waals surface area contributed by atoms with Crippen molar-refractivity contribution in [2.75, 3.05) is 10.6 Å². The fraction of sp³-hybridized carbons (Fsp3) is 0.370. The third kappa shape index (κ3) is 5.83. The second-order valence-corrected chi connectivity index (χ2v) is 10.5. The van der Waals surface area contributed by atoms with Crippen LogP contribution >= 0.6 is 11.6 Å². The summed E-state index contributed by atoms with van der Waals surface area (Å²) in [7, 11) is 0. The molecule has 194 valence electrons. The van der Waals surface area contributed by atoms with E-state index in [2.05, 4.69) is 16.0 Å². The van der Waals surface area contributed by atoms with Crippen molar-refractivity contribution in [3.63, 3.8) is 0 Å². The van der Waals surface area contributed by atoms with Gasteiger partial charge in [0, 0.05) is 29.2 Å². The first-order chi connectivity index (χ1) is 17.4. The highest BCUT2D eigenvalue weighted by Gasteiger charge is 2.46. The number of benzene rings is 2.